The van der Waals surface area contributed by atoms with Gasteiger partial charge in [0.25, 0.3) is 0 Å². The predicted octanol–water partition coefficient (Wildman–Crippen LogP) is 0.868. The summed E-state index contributed by atoms with van der Waals surface area (Å²) in [4.78, 5) is 10.7. The Morgan fingerprint density at radius 2 is 2.00 bits per heavy atom. The fourth-order valence-electron chi connectivity index (χ4n) is 1.62. The summed E-state index contributed by atoms with van der Waals surface area (Å²) < 4.78 is 0. The minimum atomic E-state index is -1.04. The van der Waals surface area contributed by atoms with Gasteiger partial charge in [-0.25, -0.2) is 0 Å². The highest BCUT2D eigenvalue weighted by Crippen LogP contribution is 2.24. The lowest BCUT2D eigenvalue weighted by atomic mass is 9.90. The lowest BCUT2D eigenvalue weighted by Crippen LogP contribution is -2.33. The number of aliphatic carboxylic acids is 1. The molecule has 0 aliphatic rings. The largest absolute Gasteiger partial charge is 0.480 e. The summed E-state index contributed by atoms with van der Waals surface area (Å²) in [6, 6.07) is 6.24. The van der Waals surface area contributed by atoms with Crippen molar-refractivity contribution in [1.82, 2.24) is 0 Å². The van der Waals surface area contributed by atoms with Crippen molar-refractivity contribution in [3.05, 3.63) is 35.4 Å². The van der Waals surface area contributed by atoms with Crippen molar-refractivity contribution in [3.8, 4) is 0 Å². The summed E-state index contributed by atoms with van der Waals surface area (Å²) in [5.41, 5.74) is 5.97. The van der Waals surface area contributed by atoms with Gasteiger partial charge in [0.1, 0.15) is 6.04 Å². The van der Waals surface area contributed by atoms with E-state index >= 15 is 0 Å². The van der Waals surface area contributed by atoms with Gasteiger partial charge in [-0.2, -0.15) is 0 Å². The van der Waals surface area contributed by atoms with E-state index in [4.69, 9.17) is 10.8 Å². The third-order valence-electron chi connectivity index (χ3n) is 2.43. The maximum atomic E-state index is 10.7. The molecule has 0 aliphatic carbocycles. The number of carboxylic acid groups (broad SMARTS) is 1. The van der Waals surface area contributed by atoms with Crippen molar-refractivity contribution in [2.75, 3.05) is 0 Å². The number of aliphatic hydroxyl groups is 1. The van der Waals surface area contributed by atoms with Gasteiger partial charge >= 0.3 is 5.97 Å². The summed E-state index contributed by atoms with van der Waals surface area (Å²) in [6.07, 6.45) is 0.218. The van der Waals surface area contributed by atoms with Crippen LogP contribution in [0.25, 0.3) is 0 Å². The maximum Gasteiger partial charge on any atom is 0.320 e. The van der Waals surface area contributed by atoms with E-state index in [2.05, 4.69) is 0 Å². The highest BCUT2D eigenvalue weighted by atomic mass is 16.4. The summed E-state index contributed by atoms with van der Waals surface area (Å²) in [6.45, 7) is 3.33. The average Bonchev–Trinajstić information content (AvgIpc) is 2.16. The SMILES string of the molecule is CC(C)(O)c1ccccc1CC(N)C(=O)O. The van der Waals surface area contributed by atoms with E-state index in [0.717, 1.165) is 5.56 Å². The highest BCUT2D eigenvalue weighted by molar-refractivity contribution is 5.73. The van der Waals surface area contributed by atoms with E-state index in [1.807, 2.05) is 6.07 Å². The molecular formula is C12H17NO3. The first kappa shape index (κ1) is 12.7. The van der Waals surface area contributed by atoms with Crippen molar-refractivity contribution >= 4 is 5.97 Å². The van der Waals surface area contributed by atoms with E-state index in [1.54, 1.807) is 32.0 Å². The van der Waals surface area contributed by atoms with Gasteiger partial charge in [0.15, 0.2) is 0 Å². The predicted molar refractivity (Wildman–Crippen MR) is 61.0 cm³/mol. The summed E-state index contributed by atoms with van der Waals surface area (Å²) in [5.74, 6) is -1.04. The average molecular weight is 223 g/mol. The lowest BCUT2D eigenvalue weighted by molar-refractivity contribution is -0.138. The Hall–Kier alpha value is -1.39. The topological polar surface area (TPSA) is 83.5 Å². The molecule has 0 saturated carbocycles. The van der Waals surface area contributed by atoms with Gasteiger partial charge in [-0.05, 0) is 31.4 Å². The molecule has 1 unspecified atom stereocenters. The Morgan fingerprint density at radius 1 is 1.44 bits per heavy atom. The summed E-state index contributed by atoms with van der Waals surface area (Å²) in [7, 11) is 0. The van der Waals surface area contributed by atoms with Gasteiger partial charge in [0.05, 0.1) is 5.60 Å². The van der Waals surface area contributed by atoms with Crippen LogP contribution in [0.4, 0.5) is 0 Å². The molecule has 0 aromatic heterocycles. The van der Waals surface area contributed by atoms with Gasteiger partial charge in [-0.1, -0.05) is 24.3 Å². The third-order valence-corrected chi connectivity index (χ3v) is 2.43. The smallest absolute Gasteiger partial charge is 0.320 e. The van der Waals surface area contributed by atoms with Gasteiger partial charge < -0.3 is 15.9 Å². The lowest BCUT2D eigenvalue weighted by Gasteiger charge is -2.22. The maximum absolute atomic E-state index is 10.7. The molecule has 1 rings (SSSR count). The first-order valence-electron chi connectivity index (χ1n) is 5.11. The molecule has 0 spiro atoms. The van der Waals surface area contributed by atoms with Crippen molar-refractivity contribution in [1.29, 1.82) is 0 Å². The monoisotopic (exact) mass is 223 g/mol. The minimum Gasteiger partial charge on any atom is -0.480 e. The van der Waals surface area contributed by atoms with Crippen molar-refractivity contribution in [3.63, 3.8) is 0 Å². The molecule has 0 aliphatic heterocycles. The minimum absolute atomic E-state index is 0.218. The number of benzene rings is 1. The molecule has 4 N–H and O–H groups in total. The van der Waals surface area contributed by atoms with E-state index in [-0.39, 0.29) is 6.42 Å². The van der Waals surface area contributed by atoms with Crippen LogP contribution in [0.15, 0.2) is 24.3 Å². The molecule has 4 heteroatoms. The first-order valence-corrected chi connectivity index (χ1v) is 5.11. The van der Waals surface area contributed by atoms with Gasteiger partial charge in [-0.3, -0.25) is 4.79 Å². The van der Waals surface area contributed by atoms with Crippen LogP contribution in [0, 0.1) is 0 Å². The number of carbonyl (C=O) groups is 1. The van der Waals surface area contributed by atoms with E-state index < -0.39 is 17.6 Å². The van der Waals surface area contributed by atoms with Crippen molar-refractivity contribution < 1.29 is 15.0 Å². The molecule has 16 heavy (non-hydrogen) atoms. The molecule has 1 aromatic carbocycles. The van der Waals surface area contributed by atoms with Crippen LogP contribution in [0.1, 0.15) is 25.0 Å². The molecule has 0 saturated heterocycles. The molecule has 0 fully saturated rings. The van der Waals surface area contributed by atoms with Gasteiger partial charge in [0.2, 0.25) is 0 Å². The number of hydrogen-bond donors (Lipinski definition) is 3. The van der Waals surface area contributed by atoms with Gasteiger partial charge in [0, 0.05) is 0 Å². The van der Waals surface area contributed by atoms with Crippen LogP contribution < -0.4 is 5.73 Å². The molecule has 0 amide bonds. The van der Waals surface area contributed by atoms with E-state index in [9.17, 15) is 9.90 Å². The molecule has 0 radical (unpaired) electrons. The number of hydrogen-bond acceptors (Lipinski definition) is 3. The number of carboxylic acids is 1. The molecule has 0 bridgehead atoms. The molecule has 0 heterocycles. The number of rotatable bonds is 4. The fraction of sp³-hybridized carbons (Fsp3) is 0.417. The third kappa shape index (κ3) is 3.05. The van der Waals surface area contributed by atoms with Crippen LogP contribution in [0.2, 0.25) is 0 Å². The van der Waals surface area contributed by atoms with Gasteiger partial charge in [-0.15, -0.1) is 0 Å². The summed E-state index contributed by atoms with van der Waals surface area (Å²) in [5, 5.41) is 18.7. The highest BCUT2D eigenvalue weighted by Gasteiger charge is 2.22. The van der Waals surface area contributed by atoms with Crippen molar-refractivity contribution in [2.45, 2.75) is 31.9 Å². The summed E-state index contributed by atoms with van der Waals surface area (Å²) >= 11 is 0. The second-order valence-electron chi connectivity index (χ2n) is 4.37. The zero-order chi connectivity index (χ0) is 12.3. The van der Waals surface area contributed by atoms with Crippen LogP contribution in [-0.4, -0.2) is 22.2 Å². The Balaban J connectivity index is 3.01. The Bertz CT molecular complexity index is 382. The van der Waals surface area contributed by atoms with Crippen LogP contribution in [0.3, 0.4) is 0 Å². The Kier molecular flexibility index (Phi) is 3.67. The first-order chi connectivity index (χ1) is 7.32. The van der Waals surface area contributed by atoms with Crippen molar-refractivity contribution in [2.24, 2.45) is 5.73 Å². The quantitative estimate of drug-likeness (QED) is 0.707. The normalized spacial score (nSPS) is 13.5. The second-order valence-corrected chi connectivity index (χ2v) is 4.37. The number of nitrogens with two attached hydrogens (primary N) is 1. The zero-order valence-corrected chi connectivity index (χ0v) is 9.47. The molecule has 1 aromatic rings. The molecule has 1 atom stereocenters. The van der Waals surface area contributed by atoms with Crippen LogP contribution >= 0.6 is 0 Å². The second kappa shape index (κ2) is 4.63. The van der Waals surface area contributed by atoms with Crippen LogP contribution in [-0.2, 0) is 16.8 Å². The Morgan fingerprint density at radius 3 is 2.50 bits per heavy atom. The molecule has 88 valence electrons. The van der Waals surface area contributed by atoms with Crippen LogP contribution in [0.5, 0.6) is 0 Å². The molecular weight excluding hydrogens is 206 g/mol. The van der Waals surface area contributed by atoms with E-state index in [0.29, 0.717) is 5.56 Å². The fourth-order valence-corrected chi connectivity index (χ4v) is 1.62. The van der Waals surface area contributed by atoms with E-state index in [1.165, 1.54) is 0 Å². The molecule has 4 nitrogen and oxygen atoms in total. The zero-order valence-electron chi connectivity index (χ0n) is 9.47. The standard InChI is InChI=1S/C12H17NO3/c1-12(2,16)9-6-4-3-5-8(9)7-10(13)11(14)15/h3-6,10,16H,7,13H2,1-2H3,(H,14,15). The Labute approximate surface area is 94.7 Å².